The minimum Gasteiger partial charge on any atom is -0.379 e. The van der Waals surface area contributed by atoms with E-state index < -0.39 is 0 Å². The van der Waals surface area contributed by atoms with Crippen LogP contribution in [0.25, 0.3) is 11.5 Å². The zero-order valence-electron chi connectivity index (χ0n) is 14.5. The molecule has 0 aromatic carbocycles. The van der Waals surface area contributed by atoms with Crippen LogP contribution in [0.15, 0.2) is 28.9 Å². The third kappa shape index (κ3) is 4.42. The first-order valence-corrected chi connectivity index (χ1v) is 9.13. The van der Waals surface area contributed by atoms with Crippen LogP contribution < -0.4 is 0 Å². The molecule has 2 fully saturated rings. The van der Waals surface area contributed by atoms with E-state index in [1.807, 2.05) is 18.2 Å². The van der Waals surface area contributed by atoms with E-state index >= 15 is 0 Å². The van der Waals surface area contributed by atoms with Crippen molar-refractivity contribution in [2.24, 2.45) is 5.92 Å². The number of aromatic nitrogens is 3. The molecule has 7 heteroatoms. The summed E-state index contributed by atoms with van der Waals surface area (Å²) in [5.74, 6) is 1.95. The lowest BCUT2D eigenvalue weighted by Crippen LogP contribution is -2.44. The summed E-state index contributed by atoms with van der Waals surface area (Å²) in [5.41, 5.74) is 0.751. The highest BCUT2D eigenvalue weighted by molar-refractivity contribution is 5.46. The molecule has 0 aliphatic carbocycles. The lowest BCUT2D eigenvalue weighted by Gasteiger charge is -2.36. The standard InChI is InChI=1S/C18H25N5O2/c1-2-6-19-16(5-1)18-20-17(25-21-18)14-23-7-3-4-15(13-23)12-22-8-10-24-11-9-22/h1-2,5-6,15H,3-4,7-14H2. The van der Waals surface area contributed by atoms with E-state index in [-0.39, 0.29) is 0 Å². The molecule has 0 N–H and O–H groups in total. The van der Waals surface area contributed by atoms with Crippen LogP contribution in [0.1, 0.15) is 18.7 Å². The zero-order chi connectivity index (χ0) is 16.9. The van der Waals surface area contributed by atoms with Crippen LogP contribution in [0, 0.1) is 5.92 Å². The summed E-state index contributed by atoms with van der Waals surface area (Å²) in [4.78, 5) is 13.7. The minimum absolute atomic E-state index is 0.567. The molecule has 7 nitrogen and oxygen atoms in total. The van der Waals surface area contributed by atoms with Crippen molar-refractivity contribution in [2.45, 2.75) is 19.4 Å². The van der Waals surface area contributed by atoms with Crippen molar-refractivity contribution in [1.29, 1.82) is 0 Å². The van der Waals surface area contributed by atoms with Crippen molar-refractivity contribution >= 4 is 0 Å². The van der Waals surface area contributed by atoms with E-state index in [1.165, 1.54) is 19.4 Å². The van der Waals surface area contributed by atoms with Gasteiger partial charge in [-0.1, -0.05) is 11.2 Å². The molecule has 1 atom stereocenters. The van der Waals surface area contributed by atoms with E-state index in [9.17, 15) is 0 Å². The summed E-state index contributed by atoms with van der Waals surface area (Å²) >= 11 is 0. The molecule has 0 radical (unpaired) electrons. The Labute approximate surface area is 148 Å². The normalized spacial score (nSPS) is 23.0. The molecule has 2 aliphatic rings. The predicted octanol–water partition coefficient (Wildman–Crippen LogP) is 1.68. The number of pyridine rings is 1. The van der Waals surface area contributed by atoms with Gasteiger partial charge in [0.15, 0.2) is 0 Å². The first-order chi connectivity index (χ1) is 12.4. The quantitative estimate of drug-likeness (QED) is 0.818. The van der Waals surface area contributed by atoms with Crippen molar-refractivity contribution in [1.82, 2.24) is 24.9 Å². The van der Waals surface area contributed by atoms with E-state index in [0.29, 0.717) is 17.6 Å². The number of likely N-dealkylation sites (tertiary alicyclic amines) is 1. The lowest BCUT2D eigenvalue weighted by atomic mass is 9.97. The molecule has 4 rings (SSSR count). The van der Waals surface area contributed by atoms with E-state index in [4.69, 9.17) is 9.26 Å². The molecule has 134 valence electrons. The van der Waals surface area contributed by atoms with Gasteiger partial charge in [-0.05, 0) is 37.4 Å². The summed E-state index contributed by atoms with van der Waals surface area (Å²) in [6.45, 7) is 7.95. The van der Waals surface area contributed by atoms with Crippen molar-refractivity contribution in [3.8, 4) is 11.5 Å². The Kier molecular flexibility index (Phi) is 5.34. The third-order valence-electron chi connectivity index (χ3n) is 4.94. The maximum Gasteiger partial charge on any atom is 0.241 e. The van der Waals surface area contributed by atoms with Gasteiger partial charge >= 0.3 is 0 Å². The van der Waals surface area contributed by atoms with Gasteiger partial charge in [0.2, 0.25) is 11.7 Å². The number of morpholine rings is 1. The van der Waals surface area contributed by atoms with Crippen LogP contribution in [0.3, 0.4) is 0 Å². The van der Waals surface area contributed by atoms with Crippen molar-refractivity contribution in [3.05, 3.63) is 30.3 Å². The Bertz CT molecular complexity index is 656. The molecule has 2 aromatic heterocycles. The van der Waals surface area contributed by atoms with Crippen LogP contribution in [0.5, 0.6) is 0 Å². The second-order valence-corrected chi connectivity index (χ2v) is 6.88. The maximum atomic E-state index is 5.44. The zero-order valence-corrected chi connectivity index (χ0v) is 14.5. The van der Waals surface area contributed by atoms with Gasteiger partial charge in [0.1, 0.15) is 5.69 Å². The maximum absolute atomic E-state index is 5.44. The Hall–Kier alpha value is -1.83. The topological polar surface area (TPSA) is 67.5 Å². The van der Waals surface area contributed by atoms with Crippen LogP contribution >= 0.6 is 0 Å². The number of rotatable bonds is 5. The van der Waals surface area contributed by atoms with Gasteiger partial charge in [0.25, 0.3) is 0 Å². The van der Waals surface area contributed by atoms with Gasteiger partial charge in [-0.15, -0.1) is 0 Å². The van der Waals surface area contributed by atoms with Gasteiger partial charge in [-0.25, -0.2) is 0 Å². The van der Waals surface area contributed by atoms with Crippen LogP contribution in [0.2, 0.25) is 0 Å². The molecule has 0 bridgehead atoms. The first kappa shape index (κ1) is 16.6. The molecule has 25 heavy (non-hydrogen) atoms. The van der Waals surface area contributed by atoms with Crippen LogP contribution in [-0.4, -0.2) is 70.9 Å². The largest absolute Gasteiger partial charge is 0.379 e. The number of hydrogen-bond donors (Lipinski definition) is 0. The van der Waals surface area contributed by atoms with Crippen LogP contribution in [-0.2, 0) is 11.3 Å². The van der Waals surface area contributed by atoms with Crippen LogP contribution in [0.4, 0.5) is 0 Å². The Morgan fingerprint density at radius 1 is 1.12 bits per heavy atom. The second-order valence-electron chi connectivity index (χ2n) is 6.88. The van der Waals surface area contributed by atoms with Gasteiger partial charge in [-0.3, -0.25) is 14.8 Å². The summed E-state index contributed by atoms with van der Waals surface area (Å²) < 4.78 is 10.9. The number of ether oxygens (including phenoxy) is 1. The molecule has 0 saturated carbocycles. The molecular weight excluding hydrogens is 318 g/mol. The smallest absolute Gasteiger partial charge is 0.241 e. The van der Waals surface area contributed by atoms with Gasteiger partial charge in [0.05, 0.1) is 19.8 Å². The molecule has 2 aliphatic heterocycles. The fourth-order valence-electron chi connectivity index (χ4n) is 3.70. The van der Waals surface area contributed by atoms with Gasteiger partial charge in [0, 0.05) is 32.4 Å². The highest BCUT2D eigenvalue weighted by Gasteiger charge is 2.24. The Balaban J connectivity index is 1.32. The minimum atomic E-state index is 0.567. The third-order valence-corrected chi connectivity index (χ3v) is 4.94. The summed E-state index contributed by atoms with van der Waals surface area (Å²) in [7, 11) is 0. The van der Waals surface area contributed by atoms with Crippen molar-refractivity contribution in [2.75, 3.05) is 45.9 Å². The number of piperidine rings is 1. The highest BCUT2D eigenvalue weighted by Crippen LogP contribution is 2.20. The SMILES string of the molecule is c1ccc(-c2noc(CN3CCCC(CN4CCOCC4)C3)n2)nc1. The molecule has 0 amide bonds. The average Bonchev–Trinajstić information content (AvgIpc) is 3.12. The highest BCUT2D eigenvalue weighted by atomic mass is 16.5. The molecular formula is C18H25N5O2. The summed E-state index contributed by atoms with van der Waals surface area (Å²) in [6, 6.07) is 5.71. The monoisotopic (exact) mass is 343 g/mol. The van der Waals surface area contributed by atoms with E-state index in [0.717, 1.165) is 51.6 Å². The van der Waals surface area contributed by atoms with E-state index in [1.54, 1.807) is 6.20 Å². The number of nitrogens with zero attached hydrogens (tertiary/aromatic N) is 5. The van der Waals surface area contributed by atoms with Crippen molar-refractivity contribution < 1.29 is 9.26 Å². The summed E-state index contributed by atoms with van der Waals surface area (Å²) in [5, 5.41) is 4.07. The Morgan fingerprint density at radius 3 is 2.88 bits per heavy atom. The lowest BCUT2D eigenvalue weighted by molar-refractivity contribution is 0.0218. The van der Waals surface area contributed by atoms with E-state index in [2.05, 4.69) is 24.9 Å². The molecule has 2 aromatic rings. The second kappa shape index (κ2) is 8.03. The molecule has 4 heterocycles. The molecule has 0 spiro atoms. The Morgan fingerprint density at radius 2 is 2.04 bits per heavy atom. The fourth-order valence-corrected chi connectivity index (χ4v) is 3.70. The molecule has 2 saturated heterocycles. The summed E-state index contributed by atoms with van der Waals surface area (Å²) in [6.07, 6.45) is 4.28. The molecule has 1 unspecified atom stereocenters. The average molecular weight is 343 g/mol. The van der Waals surface area contributed by atoms with Gasteiger partial charge < -0.3 is 9.26 Å². The first-order valence-electron chi connectivity index (χ1n) is 9.13. The van der Waals surface area contributed by atoms with Crippen molar-refractivity contribution in [3.63, 3.8) is 0 Å². The fraction of sp³-hybridized carbons (Fsp3) is 0.611. The van der Waals surface area contributed by atoms with Gasteiger partial charge in [-0.2, -0.15) is 4.98 Å². The predicted molar refractivity (Wildman–Crippen MR) is 92.8 cm³/mol. The number of hydrogen-bond acceptors (Lipinski definition) is 7.